The Morgan fingerprint density at radius 2 is 1.90 bits per heavy atom. The molecule has 0 aliphatic carbocycles. The lowest BCUT2D eigenvalue weighted by molar-refractivity contribution is -0.119. The lowest BCUT2D eigenvalue weighted by atomic mass is 10.1. The number of rotatable bonds is 8. The maximum Gasteiger partial charge on any atom is 0.232 e. The Morgan fingerprint density at radius 3 is 2.68 bits per heavy atom. The van der Waals surface area contributed by atoms with E-state index < -0.39 is 0 Å². The highest BCUT2D eigenvalue weighted by Crippen LogP contribution is 2.31. The Kier molecular flexibility index (Phi) is 7.17. The number of nitrogens with zero attached hydrogens (tertiary/aromatic N) is 3. The Labute approximate surface area is 187 Å². The van der Waals surface area contributed by atoms with Crippen LogP contribution in [0.5, 0.6) is 5.75 Å². The number of carbonyl (C=O) groups excluding carboxylic acids is 1. The smallest absolute Gasteiger partial charge is 0.232 e. The van der Waals surface area contributed by atoms with Gasteiger partial charge in [0.1, 0.15) is 5.75 Å². The average molecular weight is 440 g/mol. The van der Waals surface area contributed by atoms with Gasteiger partial charge in [-0.15, -0.1) is 0 Å². The summed E-state index contributed by atoms with van der Waals surface area (Å²) in [7, 11) is 0. The second-order valence-corrected chi connectivity index (χ2v) is 8.82. The van der Waals surface area contributed by atoms with Gasteiger partial charge in [-0.1, -0.05) is 29.5 Å². The van der Waals surface area contributed by atoms with Gasteiger partial charge in [0, 0.05) is 26.2 Å². The minimum absolute atomic E-state index is 0.0386. The fourth-order valence-corrected chi connectivity index (χ4v) is 4.67. The van der Waals surface area contributed by atoms with E-state index in [1.807, 2.05) is 35.2 Å². The molecular weight excluding hydrogens is 410 g/mol. The van der Waals surface area contributed by atoms with Crippen molar-refractivity contribution in [3.63, 3.8) is 0 Å². The van der Waals surface area contributed by atoms with Crippen molar-refractivity contribution in [2.45, 2.75) is 20.3 Å². The van der Waals surface area contributed by atoms with Crippen LogP contribution in [0.25, 0.3) is 10.2 Å². The molecule has 1 aromatic heterocycles. The Bertz CT molecular complexity index is 977. The van der Waals surface area contributed by atoms with Gasteiger partial charge in [-0.3, -0.25) is 14.6 Å². The number of hydrogen-bond donors (Lipinski definition) is 0. The van der Waals surface area contributed by atoms with Crippen molar-refractivity contribution in [1.82, 2.24) is 9.88 Å². The molecule has 1 aliphatic heterocycles. The van der Waals surface area contributed by atoms with Gasteiger partial charge in [0.05, 0.1) is 36.5 Å². The van der Waals surface area contributed by atoms with Gasteiger partial charge in [-0.05, 0) is 49.2 Å². The molecule has 1 aliphatic rings. The number of hydrogen-bond acceptors (Lipinski definition) is 6. The minimum Gasteiger partial charge on any atom is -0.493 e. The number of amides is 1. The molecule has 164 valence electrons. The zero-order chi connectivity index (χ0) is 21.6. The normalized spacial score (nSPS) is 14.6. The van der Waals surface area contributed by atoms with E-state index >= 15 is 0 Å². The van der Waals surface area contributed by atoms with E-state index in [-0.39, 0.29) is 5.91 Å². The van der Waals surface area contributed by atoms with Crippen molar-refractivity contribution in [1.29, 1.82) is 0 Å². The van der Waals surface area contributed by atoms with E-state index in [2.05, 4.69) is 30.9 Å². The predicted molar refractivity (Wildman–Crippen MR) is 125 cm³/mol. The van der Waals surface area contributed by atoms with E-state index in [1.54, 1.807) is 11.3 Å². The molecule has 3 aromatic rings. The summed E-state index contributed by atoms with van der Waals surface area (Å²) < 4.78 is 12.3. The molecule has 0 spiro atoms. The van der Waals surface area contributed by atoms with E-state index in [1.165, 1.54) is 11.1 Å². The highest BCUT2D eigenvalue weighted by atomic mass is 32.1. The summed E-state index contributed by atoms with van der Waals surface area (Å²) in [6.45, 7) is 9.27. The lowest BCUT2D eigenvalue weighted by Crippen LogP contribution is -2.43. The van der Waals surface area contributed by atoms with E-state index in [0.29, 0.717) is 19.6 Å². The average Bonchev–Trinajstić information content (AvgIpc) is 3.18. The van der Waals surface area contributed by atoms with Gasteiger partial charge < -0.3 is 9.47 Å². The van der Waals surface area contributed by atoms with Crippen LogP contribution in [-0.4, -0.2) is 61.8 Å². The summed E-state index contributed by atoms with van der Waals surface area (Å²) in [4.78, 5) is 22.2. The van der Waals surface area contributed by atoms with Crippen LogP contribution in [0.1, 0.15) is 17.5 Å². The fourth-order valence-electron chi connectivity index (χ4n) is 3.58. The van der Waals surface area contributed by atoms with Gasteiger partial charge in [0.25, 0.3) is 0 Å². The number of anilines is 1. The SMILES string of the molecule is Cc1cc2nc(N(CCN3CCOCC3)C(=O)CCOc3ccccc3)sc2cc1C. The molecule has 0 radical (unpaired) electrons. The van der Waals surface area contributed by atoms with Crippen molar-refractivity contribution in [3.8, 4) is 5.75 Å². The van der Waals surface area contributed by atoms with Crippen LogP contribution in [-0.2, 0) is 9.53 Å². The Morgan fingerprint density at radius 1 is 1.16 bits per heavy atom. The molecule has 0 N–H and O–H groups in total. The lowest BCUT2D eigenvalue weighted by Gasteiger charge is -2.29. The molecule has 4 rings (SSSR count). The van der Waals surface area contributed by atoms with Crippen molar-refractivity contribution in [2.24, 2.45) is 0 Å². The second-order valence-electron chi connectivity index (χ2n) is 7.81. The number of para-hydroxylation sites is 1. The highest BCUT2D eigenvalue weighted by molar-refractivity contribution is 7.22. The quantitative estimate of drug-likeness (QED) is 0.530. The van der Waals surface area contributed by atoms with Crippen molar-refractivity contribution in [3.05, 3.63) is 53.6 Å². The van der Waals surface area contributed by atoms with Gasteiger partial charge in [0.15, 0.2) is 5.13 Å². The Balaban J connectivity index is 1.48. The van der Waals surface area contributed by atoms with Gasteiger partial charge in [-0.2, -0.15) is 0 Å². The first-order valence-corrected chi connectivity index (χ1v) is 11.6. The molecule has 1 amide bonds. The standard InChI is InChI=1S/C24H29N3O3S/c1-18-16-21-22(17-19(18)2)31-24(25-21)27(10-9-26-11-14-29-15-12-26)23(28)8-13-30-20-6-4-3-5-7-20/h3-7,16-17H,8-15H2,1-2H3. The molecule has 7 heteroatoms. The first-order chi connectivity index (χ1) is 15.1. The number of aromatic nitrogens is 1. The topological polar surface area (TPSA) is 54.9 Å². The summed E-state index contributed by atoms with van der Waals surface area (Å²) in [5.74, 6) is 0.817. The molecule has 31 heavy (non-hydrogen) atoms. The van der Waals surface area contributed by atoms with Crippen LogP contribution in [0, 0.1) is 13.8 Å². The maximum absolute atomic E-state index is 13.2. The summed E-state index contributed by atoms with van der Waals surface area (Å²) in [5, 5.41) is 0.762. The zero-order valence-corrected chi connectivity index (χ0v) is 19.0. The maximum atomic E-state index is 13.2. The van der Waals surface area contributed by atoms with Gasteiger partial charge >= 0.3 is 0 Å². The molecule has 1 saturated heterocycles. The van der Waals surface area contributed by atoms with Crippen molar-refractivity contribution >= 4 is 32.6 Å². The largest absolute Gasteiger partial charge is 0.493 e. The van der Waals surface area contributed by atoms with Crippen LogP contribution in [0.3, 0.4) is 0 Å². The third-order valence-corrected chi connectivity index (χ3v) is 6.64. The summed E-state index contributed by atoms with van der Waals surface area (Å²) in [5.41, 5.74) is 3.41. The van der Waals surface area contributed by atoms with E-state index in [4.69, 9.17) is 14.5 Å². The summed E-state index contributed by atoms with van der Waals surface area (Å²) in [6.07, 6.45) is 0.311. The van der Waals surface area contributed by atoms with E-state index in [0.717, 1.165) is 53.9 Å². The fraction of sp³-hybridized carbons (Fsp3) is 0.417. The molecule has 0 saturated carbocycles. The zero-order valence-electron chi connectivity index (χ0n) is 18.2. The summed E-state index contributed by atoms with van der Waals surface area (Å²) >= 11 is 1.58. The molecular formula is C24H29N3O3S. The highest BCUT2D eigenvalue weighted by Gasteiger charge is 2.22. The monoisotopic (exact) mass is 439 g/mol. The Hall–Kier alpha value is -2.48. The third kappa shape index (κ3) is 5.61. The number of ether oxygens (including phenoxy) is 2. The third-order valence-electron chi connectivity index (χ3n) is 5.60. The van der Waals surface area contributed by atoms with Gasteiger partial charge in [0.2, 0.25) is 5.91 Å². The van der Waals surface area contributed by atoms with Crippen molar-refractivity contribution in [2.75, 3.05) is 50.9 Å². The van der Waals surface area contributed by atoms with Crippen LogP contribution < -0.4 is 9.64 Å². The first-order valence-electron chi connectivity index (χ1n) is 10.8. The minimum atomic E-state index is 0.0386. The van der Waals surface area contributed by atoms with Crippen LogP contribution >= 0.6 is 11.3 Å². The molecule has 6 nitrogen and oxygen atoms in total. The number of fused-ring (bicyclic) bond motifs is 1. The van der Waals surface area contributed by atoms with Crippen LogP contribution in [0.2, 0.25) is 0 Å². The molecule has 1 fully saturated rings. The predicted octanol–water partition coefficient (Wildman–Crippen LogP) is 4.05. The number of aryl methyl sites for hydroxylation is 2. The number of benzene rings is 2. The summed E-state index contributed by atoms with van der Waals surface area (Å²) in [6, 6.07) is 13.9. The van der Waals surface area contributed by atoms with E-state index in [9.17, 15) is 4.79 Å². The van der Waals surface area contributed by atoms with Crippen molar-refractivity contribution < 1.29 is 14.3 Å². The molecule has 0 atom stereocenters. The number of morpholine rings is 1. The van der Waals surface area contributed by atoms with Crippen LogP contribution in [0.4, 0.5) is 5.13 Å². The number of carbonyl (C=O) groups is 1. The molecule has 2 aromatic carbocycles. The molecule has 2 heterocycles. The number of thiazole rings is 1. The first kappa shape index (κ1) is 21.7. The molecule has 0 unspecified atom stereocenters. The molecule has 0 bridgehead atoms. The van der Waals surface area contributed by atoms with Crippen LogP contribution in [0.15, 0.2) is 42.5 Å². The van der Waals surface area contributed by atoms with Gasteiger partial charge in [-0.25, -0.2) is 4.98 Å². The second kappa shape index (κ2) is 10.2.